The number of hydrogen-bond donors (Lipinski definition) is 2. The van der Waals surface area contributed by atoms with E-state index in [0.717, 1.165) is 22.6 Å². The van der Waals surface area contributed by atoms with Crippen molar-refractivity contribution in [1.29, 1.82) is 0 Å². The minimum atomic E-state index is -0.0787. The molecule has 5 heteroatoms. The van der Waals surface area contributed by atoms with Crippen molar-refractivity contribution in [3.63, 3.8) is 0 Å². The molecule has 2 N–H and O–H groups in total. The summed E-state index contributed by atoms with van der Waals surface area (Å²) in [5.74, 6) is 1.52. The first-order chi connectivity index (χ1) is 12.2. The van der Waals surface area contributed by atoms with E-state index in [4.69, 9.17) is 9.47 Å². The molecular formula is C20H20N2O3. The van der Waals surface area contributed by atoms with Crippen molar-refractivity contribution in [3.8, 4) is 11.5 Å². The van der Waals surface area contributed by atoms with E-state index in [1.165, 1.54) is 10.9 Å². The highest BCUT2D eigenvalue weighted by molar-refractivity contribution is 5.84. The second kappa shape index (κ2) is 6.51. The number of aryl methyl sites for hydroxylation is 1. The Bertz CT molecular complexity index is 916. The highest BCUT2D eigenvalue weighted by Gasteiger charge is 2.17. The number of rotatable bonds is 5. The van der Waals surface area contributed by atoms with Crippen LogP contribution in [0.2, 0.25) is 0 Å². The van der Waals surface area contributed by atoms with E-state index < -0.39 is 0 Å². The molecule has 0 saturated heterocycles. The molecule has 4 rings (SSSR count). The molecule has 1 amide bonds. The molecule has 1 unspecified atom stereocenters. The largest absolute Gasteiger partial charge is 0.454 e. The summed E-state index contributed by atoms with van der Waals surface area (Å²) in [5, 5.41) is 4.23. The van der Waals surface area contributed by atoms with E-state index >= 15 is 0 Å². The van der Waals surface area contributed by atoms with Crippen LogP contribution in [0.15, 0.2) is 48.7 Å². The van der Waals surface area contributed by atoms with Crippen LogP contribution >= 0.6 is 0 Å². The van der Waals surface area contributed by atoms with Crippen LogP contribution in [0.5, 0.6) is 11.5 Å². The Hall–Kier alpha value is -2.95. The molecule has 3 aromatic rings. The number of fused-ring (bicyclic) bond motifs is 2. The molecule has 1 aromatic heterocycles. The van der Waals surface area contributed by atoms with Gasteiger partial charge in [0, 0.05) is 23.5 Å². The molecule has 0 aliphatic carbocycles. The van der Waals surface area contributed by atoms with Gasteiger partial charge in [-0.2, -0.15) is 0 Å². The monoisotopic (exact) mass is 336 g/mol. The van der Waals surface area contributed by atoms with E-state index in [-0.39, 0.29) is 18.7 Å². The van der Waals surface area contributed by atoms with Gasteiger partial charge in [0.05, 0.1) is 6.04 Å². The topological polar surface area (TPSA) is 63.4 Å². The zero-order valence-corrected chi connectivity index (χ0v) is 14.0. The summed E-state index contributed by atoms with van der Waals surface area (Å²) in [5.41, 5.74) is 3.28. The second-order valence-corrected chi connectivity index (χ2v) is 6.26. The number of amides is 1. The third kappa shape index (κ3) is 3.18. The Morgan fingerprint density at radius 3 is 2.96 bits per heavy atom. The van der Waals surface area contributed by atoms with Crippen LogP contribution in [0.4, 0.5) is 0 Å². The quantitative estimate of drug-likeness (QED) is 0.746. The van der Waals surface area contributed by atoms with Crippen molar-refractivity contribution in [3.05, 3.63) is 59.8 Å². The summed E-state index contributed by atoms with van der Waals surface area (Å²) >= 11 is 0. The van der Waals surface area contributed by atoms with Gasteiger partial charge in [-0.25, -0.2) is 0 Å². The Morgan fingerprint density at radius 1 is 1.20 bits per heavy atom. The number of hydrogen-bond acceptors (Lipinski definition) is 3. The van der Waals surface area contributed by atoms with Gasteiger partial charge < -0.3 is 19.8 Å². The molecule has 1 aliphatic rings. The maximum Gasteiger partial charge on any atom is 0.231 e. The van der Waals surface area contributed by atoms with Crippen LogP contribution in [-0.4, -0.2) is 17.7 Å². The van der Waals surface area contributed by atoms with Gasteiger partial charge in [0.2, 0.25) is 12.7 Å². The van der Waals surface area contributed by atoms with Crippen LogP contribution in [0.1, 0.15) is 30.5 Å². The molecule has 128 valence electrons. The van der Waals surface area contributed by atoms with E-state index in [0.29, 0.717) is 12.8 Å². The van der Waals surface area contributed by atoms with Gasteiger partial charge in [-0.1, -0.05) is 24.3 Å². The Labute approximate surface area is 146 Å². The van der Waals surface area contributed by atoms with E-state index in [1.807, 2.05) is 49.5 Å². The Kier molecular flexibility index (Phi) is 4.06. The van der Waals surface area contributed by atoms with Gasteiger partial charge in [0.15, 0.2) is 11.5 Å². The van der Waals surface area contributed by atoms with Gasteiger partial charge in [-0.3, -0.25) is 4.79 Å². The molecule has 5 nitrogen and oxygen atoms in total. The molecule has 0 radical (unpaired) electrons. The first-order valence-electron chi connectivity index (χ1n) is 8.44. The fraction of sp³-hybridized carbons (Fsp3) is 0.250. The lowest BCUT2D eigenvalue weighted by Crippen LogP contribution is -2.26. The number of carbonyl (C=O) groups is 1. The van der Waals surface area contributed by atoms with Crippen molar-refractivity contribution in [2.45, 2.75) is 25.8 Å². The summed E-state index contributed by atoms with van der Waals surface area (Å²) in [4.78, 5) is 15.6. The number of nitrogens with one attached hydrogen (secondary N) is 2. The second-order valence-electron chi connectivity index (χ2n) is 6.26. The third-order valence-electron chi connectivity index (χ3n) is 4.57. The van der Waals surface area contributed by atoms with Gasteiger partial charge in [-0.05, 0) is 42.7 Å². The average Bonchev–Trinajstić information content (AvgIpc) is 3.26. The molecule has 1 aliphatic heterocycles. The molecule has 0 saturated carbocycles. The fourth-order valence-electron chi connectivity index (χ4n) is 3.17. The normalized spacial score (nSPS) is 13.8. The summed E-state index contributed by atoms with van der Waals surface area (Å²) in [6.45, 7) is 2.23. The smallest absolute Gasteiger partial charge is 0.231 e. The van der Waals surface area contributed by atoms with Gasteiger partial charge in [0.25, 0.3) is 0 Å². The van der Waals surface area contributed by atoms with Gasteiger partial charge in [0.1, 0.15) is 0 Å². The van der Waals surface area contributed by atoms with Crippen molar-refractivity contribution >= 4 is 16.8 Å². The number of benzene rings is 2. The lowest BCUT2D eigenvalue weighted by molar-refractivity contribution is -0.121. The molecule has 0 fully saturated rings. The van der Waals surface area contributed by atoms with Crippen LogP contribution in [0, 0.1) is 0 Å². The zero-order valence-electron chi connectivity index (χ0n) is 14.0. The summed E-state index contributed by atoms with van der Waals surface area (Å²) in [6, 6.07) is 13.8. The molecule has 0 bridgehead atoms. The molecule has 2 aromatic carbocycles. The summed E-state index contributed by atoms with van der Waals surface area (Å²) in [7, 11) is 0. The van der Waals surface area contributed by atoms with E-state index in [2.05, 4.69) is 16.4 Å². The Balaban J connectivity index is 1.37. The lowest BCUT2D eigenvalue weighted by atomic mass is 10.1. The molecule has 25 heavy (non-hydrogen) atoms. The minimum absolute atomic E-state index is 0.0375. The number of aromatic nitrogens is 1. The molecule has 2 heterocycles. The number of ether oxygens (including phenoxy) is 2. The maximum absolute atomic E-state index is 12.3. The summed E-state index contributed by atoms with van der Waals surface area (Å²) in [6.07, 6.45) is 3.15. The van der Waals surface area contributed by atoms with E-state index in [1.54, 1.807) is 0 Å². The lowest BCUT2D eigenvalue weighted by Gasteiger charge is -2.14. The fourth-order valence-corrected chi connectivity index (χ4v) is 3.17. The molecular weight excluding hydrogens is 316 g/mol. The average molecular weight is 336 g/mol. The number of H-pyrrole nitrogens is 1. The number of carbonyl (C=O) groups excluding carboxylic acids is 1. The standard InChI is InChI=1S/C20H20N2O3/c1-13(14-6-8-18-19(10-14)25-12-24-18)22-20(23)9-7-15-11-21-17-5-3-2-4-16(15)17/h2-6,8,10-11,13,21H,7,9,12H2,1H3,(H,22,23). The maximum atomic E-state index is 12.3. The van der Waals surface area contributed by atoms with Crippen molar-refractivity contribution in [2.75, 3.05) is 6.79 Å². The highest BCUT2D eigenvalue weighted by Crippen LogP contribution is 2.34. The first-order valence-corrected chi connectivity index (χ1v) is 8.44. The minimum Gasteiger partial charge on any atom is -0.454 e. The predicted molar refractivity (Wildman–Crippen MR) is 95.7 cm³/mol. The van der Waals surface area contributed by atoms with Crippen LogP contribution in [-0.2, 0) is 11.2 Å². The van der Waals surface area contributed by atoms with E-state index in [9.17, 15) is 4.79 Å². The first kappa shape index (κ1) is 15.6. The number of aromatic amines is 1. The van der Waals surface area contributed by atoms with Crippen LogP contribution in [0.3, 0.4) is 0 Å². The Morgan fingerprint density at radius 2 is 2.04 bits per heavy atom. The van der Waals surface area contributed by atoms with Crippen LogP contribution < -0.4 is 14.8 Å². The summed E-state index contributed by atoms with van der Waals surface area (Å²) < 4.78 is 10.7. The number of para-hydroxylation sites is 1. The van der Waals surface area contributed by atoms with Crippen molar-refractivity contribution in [2.24, 2.45) is 0 Å². The highest BCUT2D eigenvalue weighted by atomic mass is 16.7. The van der Waals surface area contributed by atoms with Gasteiger partial charge >= 0.3 is 0 Å². The predicted octanol–water partition coefficient (Wildman–Crippen LogP) is 3.71. The van der Waals surface area contributed by atoms with Crippen molar-refractivity contribution < 1.29 is 14.3 Å². The molecule has 0 spiro atoms. The molecule has 1 atom stereocenters. The zero-order chi connectivity index (χ0) is 17.2. The third-order valence-corrected chi connectivity index (χ3v) is 4.57. The van der Waals surface area contributed by atoms with Crippen molar-refractivity contribution in [1.82, 2.24) is 10.3 Å². The SMILES string of the molecule is CC(NC(=O)CCc1c[nH]c2ccccc12)c1ccc2c(c1)OCO2. The van der Waals surface area contributed by atoms with Gasteiger partial charge in [-0.15, -0.1) is 0 Å². The van der Waals surface area contributed by atoms with Crippen LogP contribution in [0.25, 0.3) is 10.9 Å².